The molecule has 0 saturated heterocycles. The summed E-state index contributed by atoms with van der Waals surface area (Å²) in [6, 6.07) is 5.40. The molecule has 118 valence electrons. The van der Waals surface area contributed by atoms with E-state index in [1.807, 2.05) is 12.1 Å². The van der Waals surface area contributed by atoms with Gasteiger partial charge in [0.2, 0.25) is 0 Å². The highest BCUT2D eigenvalue weighted by Gasteiger charge is 2.36. The van der Waals surface area contributed by atoms with Gasteiger partial charge in [-0.05, 0) is 36.3 Å². The van der Waals surface area contributed by atoms with Crippen molar-refractivity contribution in [3.8, 4) is 5.75 Å². The van der Waals surface area contributed by atoms with Crippen molar-refractivity contribution in [1.82, 2.24) is 0 Å². The van der Waals surface area contributed by atoms with Gasteiger partial charge in [0, 0.05) is 17.5 Å². The van der Waals surface area contributed by atoms with Crippen LogP contribution in [0.15, 0.2) is 22.7 Å². The van der Waals surface area contributed by atoms with Gasteiger partial charge in [0.1, 0.15) is 5.75 Å². The molecule has 0 radical (unpaired) electrons. The Morgan fingerprint density at radius 1 is 1.24 bits per heavy atom. The van der Waals surface area contributed by atoms with E-state index in [4.69, 9.17) is 9.16 Å². The van der Waals surface area contributed by atoms with Crippen molar-refractivity contribution in [2.45, 2.75) is 45.3 Å². The molecule has 0 spiro atoms. The molecule has 0 bridgehead atoms. The standard InChI is InChI=1S/C16H25BrO3Si/c1-16(2,3)21(4,5)20-10-6-9-19-15-11-14(17)8-7-13(15)12-18/h7-8,11-12H,6,9-10H2,1-5H3. The van der Waals surface area contributed by atoms with E-state index < -0.39 is 8.32 Å². The Balaban J connectivity index is 2.42. The largest absolute Gasteiger partial charge is 0.493 e. The van der Waals surface area contributed by atoms with E-state index in [0.717, 1.165) is 17.2 Å². The molecule has 0 fully saturated rings. The fourth-order valence-corrected chi connectivity index (χ4v) is 2.94. The molecule has 21 heavy (non-hydrogen) atoms. The van der Waals surface area contributed by atoms with Crippen molar-refractivity contribution in [3.63, 3.8) is 0 Å². The first-order valence-electron chi connectivity index (χ1n) is 7.19. The van der Waals surface area contributed by atoms with Crippen LogP contribution < -0.4 is 4.74 Å². The van der Waals surface area contributed by atoms with E-state index >= 15 is 0 Å². The van der Waals surface area contributed by atoms with E-state index in [2.05, 4.69) is 49.8 Å². The monoisotopic (exact) mass is 372 g/mol. The zero-order valence-electron chi connectivity index (χ0n) is 13.5. The summed E-state index contributed by atoms with van der Waals surface area (Å²) in [6.45, 7) is 12.4. The van der Waals surface area contributed by atoms with Crippen molar-refractivity contribution >= 4 is 30.5 Å². The fourth-order valence-electron chi connectivity index (χ4n) is 1.52. The highest BCUT2D eigenvalue weighted by atomic mass is 79.9. The summed E-state index contributed by atoms with van der Waals surface area (Å²) >= 11 is 3.38. The number of benzene rings is 1. The molecule has 1 aromatic carbocycles. The number of rotatable bonds is 7. The van der Waals surface area contributed by atoms with Crippen LogP contribution in [0.2, 0.25) is 18.1 Å². The average molecular weight is 373 g/mol. The number of carbonyl (C=O) groups is 1. The molecule has 0 N–H and O–H groups in total. The Kier molecular flexibility index (Phi) is 6.62. The van der Waals surface area contributed by atoms with E-state index in [9.17, 15) is 4.79 Å². The minimum atomic E-state index is -1.68. The van der Waals surface area contributed by atoms with Crippen LogP contribution in [0.4, 0.5) is 0 Å². The molecule has 5 heteroatoms. The third kappa shape index (κ3) is 5.56. The van der Waals surface area contributed by atoms with Crippen LogP contribution in [0, 0.1) is 0 Å². The van der Waals surface area contributed by atoms with Crippen LogP contribution in [0.1, 0.15) is 37.6 Å². The van der Waals surface area contributed by atoms with E-state index in [1.54, 1.807) is 6.07 Å². The quantitative estimate of drug-likeness (QED) is 0.381. The van der Waals surface area contributed by atoms with Gasteiger partial charge < -0.3 is 9.16 Å². The van der Waals surface area contributed by atoms with E-state index in [1.165, 1.54) is 0 Å². The molecule has 0 unspecified atom stereocenters. The highest BCUT2D eigenvalue weighted by Crippen LogP contribution is 2.36. The Bertz CT molecular complexity index is 481. The number of hydrogen-bond donors (Lipinski definition) is 0. The van der Waals surface area contributed by atoms with Gasteiger partial charge in [-0.3, -0.25) is 4.79 Å². The topological polar surface area (TPSA) is 35.5 Å². The van der Waals surface area contributed by atoms with Gasteiger partial charge in [0.25, 0.3) is 0 Å². The van der Waals surface area contributed by atoms with Crippen molar-refractivity contribution in [3.05, 3.63) is 28.2 Å². The van der Waals surface area contributed by atoms with Gasteiger partial charge in [-0.25, -0.2) is 0 Å². The molecule has 0 aliphatic heterocycles. The Hall–Kier alpha value is -0.653. The maximum Gasteiger partial charge on any atom is 0.191 e. The molecule has 0 aliphatic rings. The van der Waals surface area contributed by atoms with Crippen LogP contribution in [0.3, 0.4) is 0 Å². The third-order valence-electron chi connectivity index (χ3n) is 3.92. The molecule has 1 aromatic rings. The lowest BCUT2D eigenvalue weighted by Crippen LogP contribution is -2.41. The second-order valence-corrected chi connectivity index (χ2v) is 12.3. The summed E-state index contributed by atoms with van der Waals surface area (Å²) in [5, 5.41) is 0.225. The molecule has 0 atom stereocenters. The SMILES string of the molecule is CC(C)(C)[Si](C)(C)OCCCOc1cc(Br)ccc1C=O. The zero-order valence-corrected chi connectivity index (χ0v) is 16.1. The minimum Gasteiger partial charge on any atom is -0.493 e. The van der Waals surface area contributed by atoms with Crippen LogP contribution in [0.5, 0.6) is 5.75 Å². The smallest absolute Gasteiger partial charge is 0.191 e. The first-order valence-corrected chi connectivity index (χ1v) is 10.9. The predicted molar refractivity (Wildman–Crippen MR) is 92.8 cm³/mol. The first-order chi connectivity index (χ1) is 9.67. The van der Waals surface area contributed by atoms with Crippen molar-refractivity contribution in [1.29, 1.82) is 0 Å². The fraction of sp³-hybridized carbons (Fsp3) is 0.562. The molecule has 3 nitrogen and oxygen atoms in total. The summed E-state index contributed by atoms with van der Waals surface area (Å²) < 4.78 is 12.7. The molecular formula is C16H25BrO3Si. The van der Waals surface area contributed by atoms with Gasteiger partial charge in [-0.1, -0.05) is 36.7 Å². The number of ether oxygens (including phenoxy) is 1. The van der Waals surface area contributed by atoms with Gasteiger partial charge in [-0.15, -0.1) is 0 Å². The third-order valence-corrected chi connectivity index (χ3v) is 8.95. The molecule has 0 saturated carbocycles. The van der Waals surface area contributed by atoms with E-state index in [0.29, 0.717) is 24.5 Å². The van der Waals surface area contributed by atoms with Crippen LogP contribution >= 0.6 is 15.9 Å². The number of carbonyl (C=O) groups excluding carboxylic acids is 1. The van der Waals surface area contributed by atoms with Crippen LogP contribution in [-0.2, 0) is 4.43 Å². The summed E-state index contributed by atoms with van der Waals surface area (Å²) in [5.41, 5.74) is 0.573. The highest BCUT2D eigenvalue weighted by molar-refractivity contribution is 9.10. The second kappa shape index (κ2) is 7.56. The van der Waals surface area contributed by atoms with Gasteiger partial charge in [0.05, 0.1) is 12.2 Å². The Labute approximate surface area is 137 Å². The first kappa shape index (κ1) is 18.4. The molecule has 1 rings (SSSR count). The van der Waals surface area contributed by atoms with Crippen molar-refractivity contribution in [2.75, 3.05) is 13.2 Å². The van der Waals surface area contributed by atoms with Crippen molar-refractivity contribution < 1.29 is 14.0 Å². The second-order valence-electron chi connectivity index (χ2n) is 6.61. The van der Waals surface area contributed by atoms with Crippen LogP contribution in [-0.4, -0.2) is 27.8 Å². The van der Waals surface area contributed by atoms with Gasteiger partial charge in [0.15, 0.2) is 14.6 Å². The molecule has 0 amide bonds. The lowest BCUT2D eigenvalue weighted by atomic mass is 10.2. The van der Waals surface area contributed by atoms with Crippen LogP contribution in [0.25, 0.3) is 0 Å². The summed E-state index contributed by atoms with van der Waals surface area (Å²) in [6.07, 6.45) is 1.63. The molecule has 0 aromatic heterocycles. The summed E-state index contributed by atoms with van der Waals surface area (Å²) in [5.74, 6) is 0.617. The van der Waals surface area contributed by atoms with Gasteiger partial charge >= 0.3 is 0 Å². The Morgan fingerprint density at radius 2 is 1.90 bits per heavy atom. The number of hydrogen-bond acceptors (Lipinski definition) is 3. The lowest BCUT2D eigenvalue weighted by molar-refractivity contribution is 0.111. The lowest BCUT2D eigenvalue weighted by Gasteiger charge is -2.36. The minimum absolute atomic E-state index is 0.225. The average Bonchev–Trinajstić information content (AvgIpc) is 2.37. The van der Waals surface area contributed by atoms with E-state index in [-0.39, 0.29) is 5.04 Å². The summed E-state index contributed by atoms with van der Waals surface area (Å²) in [7, 11) is -1.68. The number of aldehydes is 1. The molecule has 0 heterocycles. The zero-order chi connectivity index (χ0) is 16.1. The van der Waals surface area contributed by atoms with Crippen molar-refractivity contribution in [2.24, 2.45) is 0 Å². The summed E-state index contributed by atoms with van der Waals surface area (Å²) in [4.78, 5) is 11.0. The molecular weight excluding hydrogens is 348 g/mol. The van der Waals surface area contributed by atoms with Gasteiger partial charge in [-0.2, -0.15) is 0 Å². The Morgan fingerprint density at radius 3 is 2.48 bits per heavy atom. The molecule has 0 aliphatic carbocycles. The normalized spacial score (nSPS) is 12.3. The maximum absolute atomic E-state index is 11.0. The maximum atomic E-state index is 11.0. The number of halogens is 1. The predicted octanol–water partition coefficient (Wildman–Crippen LogP) is 5.05.